The highest BCUT2D eigenvalue weighted by Crippen LogP contribution is 2.30. The molecule has 0 saturated heterocycles. The summed E-state index contributed by atoms with van der Waals surface area (Å²) in [7, 11) is -9.05. The molecule has 0 bridgehead atoms. The molecule has 0 spiro atoms. The Morgan fingerprint density at radius 1 is 1.27 bits per heavy atom. The van der Waals surface area contributed by atoms with Gasteiger partial charge in [-0.2, -0.15) is 30.0 Å². The predicted molar refractivity (Wildman–Crippen MR) is 64.6 cm³/mol. The summed E-state index contributed by atoms with van der Waals surface area (Å²) in [6.45, 7) is -0.699. The minimum absolute atomic E-state index is 0.626. The summed E-state index contributed by atoms with van der Waals surface area (Å²) in [5.41, 5.74) is -5.61. The summed E-state index contributed by atoms with van der Waals surface area (Å²) < 4.78 is 87.4. The Balaban J connectivity index is 2.22. The van der Waals surface area contributed by atoms with E-state index in [1.165, 1.54) is 6.20 Å². The second-order valence-electron chi connectivity index (χ2n) is 4.38. The number of nitrogens with zero attached hydrogens (tertiary/aromatic N) is 4. The molecule has 1 unspecified atom stereocenters. The molecule has 1 aliphatic heterocycles. The van der Waals surface area contributed by atoms with Gasteiger partial charge in [-0.3, -0.25) is 0 Å². The van der Waals surface area contributed by atoms with Crippen LogP contribution in [0.15, 0.2) is 31.1 Å². The topological polar surface area (TPSA) is 98.6 Å². The Hall–Kier alpha value is -1.64. The first-order chi connectivity index (χ1) is 9.87. The van der Waals surface area contributed by atoms with Gasteiger partial charge in [-0.1, -0.05) is 4.28 Å². The van der Waals surface area contributed by atoms with E-state index in [9.17, 15) is 30.0 Å². The van der Waals surface area contributed by atoms with E-state index in [4.69, 9.17) is 0 Å². The van der Waals surface area contributed by atoms with E-state index < -0.39 is 37.2 Å². The molecule has 14 heteroatoms. The van der Waals surface area contributed by atoms with E-state index in [0.29, 0.717) is 8.28 Å². The molecule has 0 amide bonds. The van der Waals surface area contributed by atoms with E-state index in [-0.39, 0.29) is 0 Å². The van der Waals surface area contributed by atoms with Gasteiger partial charge < -0.3 is 0 Å². The first-order valence-electron chi connectivity index (χ1n) is 5.45. The summed E-state index contributed by atoms with van der Waals surface area (Å²) in [5, 5.41) is 0. The van der Waals surface area contributed by atoms with Gasteiger partial charge in [0.25, 0.3) is 0 Å². The Bertz CT molecular complexity index is 786. The Labute approximate surface area is 123 Å². The summed E-state index contributed by atoms with van der Waals surface area (Å²) in [4.78, 5) is 3.54. The molecule has 1 aromatic heterocycles. The lowest BCUT2D eigenvalue weighted by Crippen LogP contribution is -2.47. The van der Waals surface area contributed by atoms with Crippen molar-refractivity contribution in [1.82, 2.24) is 13.3 Å². The average Bonchev–Trinajstić information content (AvgIpc) is 2.96. The van der Waals surface area contributed by atoms with Gasteiger partial charge >= 0.3 is 25.8 Å². The van der Waals surface area contributed by atoms with Crippen LogP contribution >= 0.6 is 0 Å². The van der Waals surface area contributed by atoms with E-state index in [2.05, 4.69) is 9.27 Å². The van der Waals surface area contributed by atoms with Crippen LogP contribution in [0.4, 0.5) is 13.2 Å². The predicted octanol–water partition coefficient (Wildman–Crippen LogP) is -0.0519. The van der Waals surface area contributed by atoms with Crippen LogP contribution in [0, 0.1) is 0 Å². The number of alkyl halides is 3. The molecular formula is C8H10F3N4O5S2+. The maximum atomic E-state index is 12.3. The van der Waals surface area contributed by atoms with E-state index in [0.717, 1.165) is 32.0 Å². The Morgan fingerprint density at radius 2 is 1.91 bits per heavy atom. The molecule has 0 aliphatic carbocycles. The van der Waals surface area contributed by atoms with Crippen molar-refractivity contribution in [3.63, 3.8) is 0 Å². The third-order valence-corrected chi connectivity index (χ3v) is 5.25. The number of hydrogen-bond donors (Lipinski definition) is 0. The maximum Gasteiger partial charge on any atom is 0.528 e. The molecule has 0 radical (unpaired) electrons. The zero-order chi connectivity index (χ0) is 16.8. The normalized spacial score (nSPS) is 23.2. The zero-order valence-electron chi connectivity index (χ0n) is 10.9. The molecule has 0 fully saturated rings. The molecule has 0 N–H and O–H groups in total. The summed E-state index contributed by atoms with van der Waals surface area (Å²) in [6, 6.07) is 0. The fraction of sp³-hybridized carbons (Fsp3) is 0.375. The number of quaternary nitrogens is 1. The summed E-state index contributed by atoms with van der Waals surface area (Å²) in [6.07, 6.45) is 5.04. The molecule has 0 aromatic carbocycles. The summed E-state index contributed by atoms with van der Waals surface area (Å²) >= 11 is 0. The van der Waals surface area contributed by atoms with Gasteiger partial charge in [-0.25, -0.2) is 13.3 Å². The van der Waals surface area contributed by atoms with Gasteiger partial charge in [0.2, 0.25) is 6.67 Å². The monoisotopic (exact) mass is 363 g/mol. The van der Waals surface area contributed by atoms with Gasteiger partial charge in [0.05, 0.1) is 6.20 Å². The fourth-order valence-corrected chi connectivity index (χ4v) is 3.39. The maximum absolute atomic E-state index is 12.3. The zero-order valence-corrected chi connectivity index (χ0v) is 12.5. The number of halogens is 3. The number of imidazole rings is 1. The minimum atomic E-state index is -5.88. The smallest absolute Gasteiger partial charge is 0.244 e. The second kappa shape index (κ2) is 4.94. The standard InChI is InChI=1S/C8H10F3N4O5S2/c1-15(20-21(16,17)8(9,10)11)5-4-14(7-15)22(18,19)13-3-2-12-6-13/h2-6H,7H2,1H3/q+1. The van der Waals surface area contributed by atoms with Crippen LogP contribution < -0.4 is 0 Å². The molecule has 124 valence electrons. The molecule has 2 heterocycles. The number of aromatic nitrogens is 2. The molecule has 1 aliphatic rings. The number of hydroxylamine groups is 3. The van der Waals surface area contributed by atoms with Crippen molar-refractivity contribution in [2.24, 2.45) is 0 Å². The SMILES string of the molecule is C[N+]1(OS(=O)(=O)C(F)(F)F)C=CN(S(=O)(=O)n2ccnc2)C1. The van der Waals surface area contributed by atoms with Crippen LogP contribution in [0.5, 0.6) is 0 Å². The highest BCUT2D eigenvalue weighted by Gasteiger charge is 2.54. The van der Waals surface area contributed by atoms with Crippen molar-refractivity contribution in [2.75, 3.05) is 13.7 Å². The van der Waals surface area contributed by atoms with Gasteiger partial charge in [-0.15, -0.1) is 4.65 Å². The molecule has 9 nitrogen and oxygen atoms in total. The van der Waals surface area contributed by atoms with Crippen molar-refractivity contribution in [3.05, 3.63) is 31.1 Å². The quantitative estimate of drug-likeness (QED) is 0.549. The van der Waals surface area contributed by atoms with Crippen LogP contribution in [0.1, 0.15) is 0 Å². The van der Waals surface area contributed by atoms with Crippen LogP contribution in [0.2, 0.25) is 0 Å². The third kappa shape index (κ3) is 2.94. The molecule has 0 saturated carbocycles. The van der Waals surface area contributed by atoms with E-state index in [1.54, 1.807) is 0 Å². The van der Waals surface area contributed by atoms with Crippen molar-refractivity contribution in [2.45, 2.75) is 5.51 Å². The lowest BCUT2D eigenvalue weighted by molar-refractivity contribution is -1.02. The number of rotatable bonds is 4. The largest absolute Gasteiger partial charge is 0.528 e. The summed E-state index contributed by atoms with van der Waals surface area (Å²) in [5.74, 6) is 0. The van der Waals surface area contributed by atoms with E-state index in [1.807, 2.05) is 0 Å². The van der Waals surface area contributed by atoms with Gasteiger partial charge in [0.1, 0.15) is 19.6 Å². The Morgan fingerprint density at radius 3 is 2.41 bits per heavy atom. The molecule has 1 aromatic rings. The molecule has 2 rings (SSSR count). The van der Waals surface area contributed by atoms with Crippen molar-refractivity contribution in [1.29, 1.82) is 0 Å². The van der Waals surface area contributed by atoms with Crippen LogP contribution in [-0.4, -0.2) is 54.0 Å². The Kier molecular flexibility index (Phi) is 3.75. The van der Waals surface area contributed by atoms with E-state index >= 15 is 0 Å². The van der Waals surface area contributed by atoms with Crippen LogP contribution in [-0.2, 0) is 24.6 Å². The fourth-order valence-electron chi connectivity index (χ4n) is 1.56. The first kappa shape index (κ1) is 16.7. The van der Waals surface area contributed by atoms with Gasteiger partial charge in [-0.05, 0) is 0 Å². The molecule has 22 heavy (non-hydrogen) atoms. The van der Waals surface area contributed by atoms with Crippen molar-refractivity contribution < 1.29 is 38.9 Å². The van der Waals surface area contributed by atoms with Crippen molar-refractivity contribution in [3.8, 4) is 0 Å². The first-order valence-corrected chi connectivity index (χ1v) is 8.25. The third-order valence-electron chi connectivity index (χ3n) is 2.56. The minimum Gasteiger partial charge on any atom is -0.244 e. The van der Waals surface area contributed by atoms with Gasteiger partial charge in [0, 0.05) is 12.4 Å². The number of hydrogen-bond acceptors (Lipinski definition) is 6. The lowest BCUT2D eigenvalue weighted by atomic mass is 10.8. The highest BCUT2D eigenvalue weighted by atomic mass is 32.2. The van der Waals surface area contributed by atoms with Crippen LogP contribution in [0.3, 0.4) is 0 Å². The average molecular weight is 363 g/mol. The highest BCUT2D eigenvalue weighted by molar-refractivity contribution is 7.87. The molecule has 1 atom stereocenters. The van der Waals surface area contributed by atoms with Crippen molar-refractivity contribution >= 4 is 20.3 Å². The molecular weight excluding hydrogens is 353 g/mol. The van der Waals surface area contributed by atoms with Crippen LogP contribution in [0.25, 0.3) is 0 Å². The lowest BCUT2D eigenvalue weighted by Gasteiger charge is -2.24. The second-order valence-corrected chi connectivity index (χ2v) is 7.68. The van der Waals surface area contributed by atoms with Gasteiger partial charge in [0.15, 0.2) is 0 Å².